The van der Waals surface area contributed by atoms with Crippen molar-refractivity contribution < 1.29 is 9.18 Å². The second kappa shape index (κ2) is 6.84. The highest BCUT2D eigenvalue weighted by Gasteiger charge is 2.30. The van der Waals surface area contributed by atoms with E-state index in [4.69, 9.17) is 0 Å². The van der Waals surface area contributed by atoms with E-state index >= 15 is 0 Å². The summed E-state index contributed by atoms with van der Waals surface area (Å²) in [6.45, 7) is 1.91. The molecular formula is C22H18FN5O. The fourth-order valence-corrected chi connectivity index (χ4v) is 3.53. The van der Waals surface area contributed by atoms with Crippen molar-refractivity contribution in [3.63, 3.8) is 0 Å². The van der Waals surface area contributed by atoms with E-state index in [1.807, 2.05) is 19.1 Å². The summed E-state index contributed by atoms with van der Waals surface area (Å²) < 4.78 is 14.7. The number of carbonyl (C=O) groups is 1. The van der Waals surface area contributed by atoms with Gasteiger partial charge in [-0.1, -0.05) is 6.07 Å². The maximum Gasteiger partial charge on any atom is 0.224 e. The Morgan fingerprint density at radius 1 is 1.14 bits per heavy atom. The van der Waals surface area contributed by atoms with Gasteiger partial charge in [0.1, 0.15) is 12.0 Å². The van der Waals surface area contributed by atoms with Crippen LogP contribution < -0.4 is 0 Å². The van der Waals surface area contributed by atoms with Gasteiger partial charge in [-0.3, -0.25) is 9.78 Å². The number of fused-ring (bicyclic) bond motifs is 1. The first-order valence-corrected chi connectivity index (χ1v) is 9.54. The zero-order valence-corrected chi connectivity index (χ0v) is 15.8. The van der Waals surface area contributed by atoms with Gasteiger partial charge in [0.25, 0.3) is 0 Å². The number of aromatic amines is 1. The van der Waals surface area contributed by atoms with Crippen molar-refractivity contribution in [3.8, 4) is 0 Å². The van der Waals surface area contributed by atoms with Crippen LogP contribution >= 0.6 is 0 Å². The lowest BCUT2D eigenvalue weighted by Gasteiger charge is -2.06. The molecule has 1 aliphatic rings. The molecule has 0 bridgehead atoms. The largest absolute Gasteiger partial charge is 0.345 e. The molecular weight excluding hydrogens is 369 g/mol. The third-order valence-corrected chi connectivity index (χ3v) is 5.22. The van der Waals surface area contributed by atoms with Crippen LogP contribution in [0.2, 0.25) is 0 Å². The predicted molar refractivity (Wildman–Crippen MR) is 105 cm³/mol. The smallest absolute Gasteiger partial charge is 0.224 e. The Morgan fingerprint density at radius 3 is 2.72 bits per heavy atom. The summed E-state index contributed by atoms with van der Waals surface area (Å²) in [5.41, 5.74) is 4.19. The number of pyridine rings is 2. The molecule has 1 N–H and O–H groups in total. The SMILES string of the molecule is Cc1ccc(Cc2ccc(C(=O)c3c[nH]c4ncnc(C5CC5)c34)c(F)n2)cn1. The van der Waals surface area contributed by atoms with Crippen molar-refractivity contribution in [2.24, 2.45) is 0 Å². The Bertz CT molecular complexity index is 1230. The van der Waals surface area contributed by atoms with Gasteiger partial charge in [0.2, 0.25) is 5.95 Å². The molecule has 0 spiro atoms. The molecule has 144 valence electrons. The summed E-state index contributed by atoms with van der Waals surface area (Å²) in [5.74, 6) is -0.843. The van der Waals surface area contributed by atoms with E-state index in [1.165, 1.54) is 12.4 Å². The Hall–Kier alpha value is -3.48. The molecule has 4 aromatic rings. The van der Waals surface area contributed by atoms with Crippen LogP contribution in [0.3, 0.4) is 0 Å². The molecule has 1 fully saturated rings. The maximum absolute atomic E-state index is 14.7. The summed E-state index contributed by atoms with van der Waals surface area (Å²) in [6, 6.07) is 7.02. The minimum absolute atomic E-state index is 0.0534. The van der Waals surface area contributed by atoms with Gasteiger partial charge in [-0.15, -0.1) is 0 Å². The topological polar surface area (TPSA) is 84.4 Å². The average Bonchev–Trinajstić information content (AvgIpc) is 3.47. The number of aryl methyl sites for hydroxylation is 1. The minimum atomic E-state index is -0.772. The van der Waals surface area contributed by atoms with E-state index in [0.717, 1.165) is 29.8 Å². The molecule has 0 atom stereocenters. The van der Waals surface area contributed by atoms with E-state index in [2.05, 4.69) is 24.9 Å². The Labute approximate surface area is 166 Å². The van der Waals surface area contributed by atoms with Gasteiger partial charge in [0.05, 0.1) is 22.2 Å². The van der Waals surface area contributed by atoms with E-state index in [1.54, 1.807) is 18.5 Å². The van der Waals surface area contributed by atoms with Crippen molar-refractivity contribution in [2.75, 3.05) is 0 Å². The van der Waals surface area contributed by atoms with Crippen LogP contribution in [0, 0.1) is 12.9 Å². The molecule has 6 nitrogen and oxygen atoms in total. The number of halogens is 1. The first-order valence-electron chi connectivity index (χ1n) is 9.54. The van der Waals surface area contributed by atoms with Crippen molar-refractivity contribution in [3.05, 3.63) is 82.7 Å². The molecule has 0 aromatic carbocycles. The number of rotatable bonds is 5. The van der Waals surface area contributed by atoms with Crippen LogP contribution in [0.25, 0.3) is 11.0 Å². The van der Waals surface area contributed by atoms with Gasteiger partial charge >= 0.3 is 0 Å². The average molecular weight is 387 g/mol. The molecule has 4 aromatic heterocycles. The molecule has 4 heterocycles. The molecule has 5 rings (SSSR count). The number of hydrogen-bond acceptors (Lipinski definition) is 5. The number of hydrogen-bond donors (Lipinski definition) is 1. The number of nitrogens with one attached hydrogen (secondary N) is 1. The zero-order valence-electron chi connectivity index (χ0n) is 15.8. The molecule has 1 aliphatic carbocycles. The molecule has 0 unspecified atom stereocenters. The summed E-state index contributed by atoms with van der Waals surface area (Å²) in [5, 5.41) is 0.689. The normalized spacial score (nSPS) is 13.7. The molecule has 29 heavy (non-hydrogen) atoms. The summed E-state index contributed by atoms with van der Waals surface area (Å²) in [7, 11) is 0. The quantitative estimate of drug-likeness (QED) is 0.415. The highest BCUT2D eigenvalue weighted by Crippen LogP contribution is 2.42. The Kier molecular flexibility index (Phi) is 4.16. The lowest BCUT2D eigenvalue weighted by molar-refractivity contribution is 0.103. The van der Waals surface area contributed by atoms with Gasteiger partial charge in [0, 0.05) is 36.1 Å². The van der Waals surface area contributed by atoms with Crippen LogP contribution in [0.15, 0.2) is 43.0 Å². The molecule has 1 saturated carbocycles. The van der Waals surface area contributed by atoms with Crippen LogP contribution in [0.5, 0.6) is 0 Å². The van der Waals surface area contributed by atoms with E-state index in [0.29, 0.717) is 34.6 Å². The minimum Gasteiger partial charge on any atom is -0.345 e. The first-order chi connectivity index (χ1) is 14.1. The third kappa shape index (κ3) is 3.29. The van der Waals surface area contributed by atoms with Crippen LogP contribution in [-0.2, 0) is 6.42 Å². The van der Waals surface area contributed by atoms with Crippen molar-refractivity contribution in [1.82, 2.24) is 24.9 Å². The number of ketones is 1. The van der Waals surface area contributed by atoms with E-state index < -0.39 is 11.7 Å². The van der Waals surface area contributed by atoms with E-state index in [9.17, 15) is 9.18 Å². The van der Waals surface area contributed by atoms with Crippen LogP contribution in [-0.4, -0.2) is 30.7 Å². The zero-order chi connectivity index (χ0) is 20.0. The third-order valence-electron chi connectivity index (χ3n) is 5.22. The standard InChI is InChI=1S/C22H18FN5O/c1-12-2-3-13(9-24-12)8-15-6-7-16(21(23)28-15)20(29)17-10-25-22-18(17)19(14-4-5-14)26-11-27-22/h2-3,6-7,9-11,14H,4-5,8H2,1H3,(H,25,26,27). The number of H-pyrrole nitrogens is 1. The summed E-state index contributed by atoms with van der Waals surface area (Å²) in [4.78, 5) is 32.9. The number of carbonyl (C=O) groups excluding carboxylic acids is 1. The second-order valence-electron chi connectivity index (χ2n) is 7.41. The number of aromatic nitrogens is 5. The highest BCUT2D eigenvalue weighted by atomic mass is 19.1. The van der Waals surface area contributed by atoms with Gasteiger partial charge in [-0.05, 0) is 43.5 Å². The van der Waals surface area contributed by atoms with Gasteiger partial charge in [-0.2, -0.15) is 4.39 Å². The molecule has 0 aliphatic heterocycles. The molecule has 0 radical (unpaired) electrons. The lowest BCUT2D eigenvalue weighted by atomic mass is 10.0. The molecule has 7 heteroatoms. The van der Waals surface area contributed by atoms with E-state index in [-0.39, 0.29) is 5.56 Å². The second-order valence-corrected chi connectivity index (χ2v) is 7.41. The van der Waals surface area contributed by atoms with Crippen molar-refractivity contribution in [1.29, 1.82) is 0 Å². The highest BCUT2D eigenvalue weighted by molar-refractivity contribution is 6.16. The monoisotopic (exact) mass is 387 g/mol. The maximum atomic E-state index is 14.7. The molecule has 0 saturated heterocycles. The fourth-order valence-electron chi connectivity index (χ4n) is 3.53. The lowest BCUT2D eigenvalue weighted by Crippen LogP contribution is -2.08. The Morgan fingerprint density at radius 2 is 2.00 bits per heavy atom. The van der Waals surface area contributed by atoms with Gasteiger partial charge < -0.3 is 4.98 Å². The first kappa shape index (κ1) is 17.6. The summed E-state index contributed by atoms with van der Waals surface area (Å²) >= 11 is 0. The van der Waals surface area contributed by atoms with Crippen LogP contribution in [0.4, 0.5) is 4.39 Å². The molecule has 0 amide bonds. The number of nitrogens with zero attached hydrogens (tertiary/aromatic N) is 4. The Balaban J connectivity index is 1.47. The predicted octanol–water partition coefficient (Wildman–Crippen LogP) is 3.89. The van der Waals surface area contributed by atoms with Gasteiger partial charge in [-0.25, -0.2) is 15.0 Å². The van der Waals surface area contributed by atoms with Crippen LogP contribution in [0.1, 0.15) is 57.3 Å². The van der Waals surface area contributed by atoms with Crippen molar-refractivity contribution in [2.45, 2.75) is 32.1 Å². The van der Waals surface area contributed by atoms with Gasteiger partial charge in [0.15, 0.2) is 5.78 Å². The fraction of sp³-hybridized carbons (Fsp3) is 0.227. The van der Waals surface area contributed by atoms with Crippen molar-refractivity contribution >= 4 is 16.8 Å². The summed E-state index contributed by atoms with van der Waals surface area (Å²) in [6.07, 6.45) is 7.37.